The van der Waals surface area contributed by atoms with Crippen LogP contribution in [0.4, 0.5) is 4.79 Å². The lowest BCUT2D eigenvalue weighted by Gasteiger charge is -2.36. The van der Waals surface area contributed by atoms with E-state index in [9.17, 15) is 9.90 Å². The number of fused-ring (bicyclic) bond motifs is 1. The van der Waals surface area contributed by atoms with Gasteiger partial charge in [0.05, 0.1) is 12.6 Å². The molecule has 1 heterocycles. The SMILES string of the molecule is Cn1cnc(CNC(=O)N(CCCO)C2CCCc3ccccc32)n1. The number of aliphatic hydroxyl groups is 1. The van der Waals surface area contributed by atoms with E-state index in [0.29, 0.717) is 25.3 Å². The molecule has 0 spiro atoms. The van der Waals surface area contributed by atoms with E-state index < -0.39 is 0 Å². The van der Waals surface area contributed by atoms with Crippen LogP contribution < -0.4 is 5.32 Å². The highest BCUT2D eigenvalue weighted by atomic mass is 16.3. The van der Waals surface area contributed by atoms with Crippen LogP contribution in [0.5, 0.6) is 0 Å². The summed E-state index contributed by atoms with van der Waals surface area (Å²) in [5.41, 5.74) is 2.53. The van der Waals surface area contributed by atoms with Crippen molar-refractivity contribution in [2.24, 2.45) is 7.05 Å². The fourth-order valence-electron chi connectivity index (χ4n) is 3.41. The molecule has 1 aliphatic rings. The van der Waals surface area contributed by atoms with Crippen molar-refractivity contribution in [1.82, 2.24) is 25.0 Å². The van der Waals surface area contributed by atoms with Gasteiger partial charge in [0, 0.05) is 20.2 Å². The standard InChI is InChI=1S/C18H25N5O2/c1-22-13-20-17(21-22)12-19-18(25)23(10-5-11-24)16-9-4-7-14-6-2-3-8-15(14)16/h2-3,6,8,13,16,24H,4-5,7,9-12H2,1H3,(H,19,25). The Hall–Kier alpha value is -2.41. The molecular weight excluding hydrogens is 318 g/mol. The van der Waals surface area contributed by atoms with Crippen LogP contribution in [0.2, 0.25) is 0 Å². The number of nitrogens with one attached hydrogen (secondary N) is 1. The Morgan fingerprint density at radius 2 is 2.28 bits per heavy atom. The molecule has 134 valence electrons. The van der Waals surface area contributed by atoms with Crippen molar-refractivity contribution in [3.8, 4) is 0 Å². The average Bonchev–Trinajstić information content (AvgIpc) is 3.05. The van der Waals surface area contributed by atoms with E-state index in [1.165, 1.54) is 11.1 Å². The number of benzene rings is 1. The topological polar surface area (TPSA) is 83.3 Å². The smallest absolute Gasteiger partial charge is 0.318 e. The number of aryl methyl sites for hydroxylation is 2. The lowest BCUT2D eigenvalue weighted by molar-refractivity contribution is 0.157. The summed E-state index contributed by atoms with van der Waals surface area (Å²) in [5.74, 6) is 0.585. The number of hydrogen-bond acceptors (Lipinski definition) is 4. The zero-order valence-electron chi connectivity index (χ0n) is 14.6. The number of urea groups is 1. The summed E-state index contributed by atoms with van der Waals surface area (Å²) in [6.45, 7) is 0.889. The minimum absolute atomic E-state index is 0.0493. The van der Waals surface area contributed by atoms with Gasteiger partial charge in [0.25, 0.3) is 0 Å². The van der Waals surface area contributed by atoms with Gasteiger partial charge in [-0.15, -0.1) is 0 Å². The summed E-state index contributed by atoms with van der Waals surface area (Å²) in [4.78, 5) is 18.8. The Balaban J connectivity index is 1.74. The summed E-state index contributed by atoms with van der Waals surface area (Å²) in [7, 11) is 1.80. The van der Waals surface area contributed by atoms with Gasteiger partial charge >= 0.3 is 6.03 Å². The maximum absolute atomic E-state index is 12.8. The van der Waals surface area contributed by atoms with Crippen LogP contribution in [0.15, 0.2) is 30.6 Å². The van der Waals surface area contributed by atoms with Gasteiger partial charge in [-0.05, 0) is 36.8 Å². The first kappa shape index (κ1) is 17.4. The third-order valence-electron chi connectivity index (χ3n) is 4.58. The van der Waals surface area contributed by atoms with Crippen LogP contribution in [0, 0.1) is 0 Å². The molecule has 7 nitrogen and oxygen atoms in total. The molecule has 1 aliphatic carbocycles. The van der Waals surface area contributed by atoms with Crippen molar-refractivity contribution in [2.75, 3.05) is 13.2 Å². The van der Waals surface area contributed by atoms with Gasteiger partial charge in [-0.1, -0.05) is 24.3 Å². The Morgan fingerprint density at radius 1 is 1.44 bits per heavy atom. The van der Waals surface area contributed by atoms with E-state index in [4.69, 9.17) is 0 Å². The first-order chi connectivity index (χ1) is 12.2. The first-order valence-electron chi connectivity index (χ1n) is 8.76. The lowest BCUT2D eigenvalue weighted by atomic mass is 9.87. The minimum Gasteiger partial charge on any atom is -0.396 e. The van der Waals surface area contributed by atoms with Crippen molar-refractivity contribution < 1.29 is 9.90 Å². The molecule has 0 radical (unpaired) electrons. The minimum atomic E-state index is -0.136. The molecule has 0 saturated heterocycles. The van der Waals surface area contributed by atoms with E-state index in [1.807, 2.05) is 17.0 Å². The number of aliphatic hydroxyl groups excluding tert-OH is 1. The van der Waals surface area contributed by atoms with Gasteiger partial charge in [-0.25, -0.2) is 9.78 Å². The number of carbonyl (C=O) groups is 1. The molecule has 0 bridgehead atoms. The van der Waals surface area contributed by atoms with E-state index in [1.54, 1.807) is 18.1 Å². The number of rotatable bonds is 6. The Morgan fingerprint density at radius 3 is 3.04 bits per heavy atom. The van der Waals surface area contributed by atoms with Crippen LogP contribution in [-0.4, -0.2) is 44.0 Å². The summed E-state index contributed by atoms with van der Waals surface area (Å²) in [6, 6.07) is 8.24. The predicted octanol–water partition coefficient (Wildman–Crippen LogP) is 1.79. The molecule has 1 aromatic carbocycles. The van der Waals surface area contributed by atoms with Gasteiger partial charge in [-0.2, -0.15) is 5.10 Å². The largest absolute Gasteiger partial charge is 0.396 e. The highest BCUT2D eigenvalue weighted by molar-refractivity contribution is 5.74. The second kappa shape index (κ2) is 8.11. The molecule has 1 atom stereocenters. The third-order valence-corrected chi connectivity index (χ3v) is 4.58. The fourth-order valence-corrected chi connectivity index (χ4v) is 3.41. The number of nitrogens with zero attached hydrogens (tertiary/aromatic N) is 4. The predicted molar refractivity (Wildman–Crippen MR) is 93.8 cm³/mol. The molecular formula is C18H25N5O2. The zero-order valence-corrected chi connectivity index (χ0v) is 14.6. The number of amides is 2. The maximum atomic E-state index is 12.8. The summed E-state index contributed by atoms with van der Waals surface area (Å²) >= 11 is 0. The van der Waals surface area contributed by atoms with Gasteiger partial charge in [0.15, 0.2) is 5.82 Å². The average molecular weight is 343 g/mol. The van der Waals surface area contributed by atoms with Crippen molar-refractivity contribution in [3.63, 3.8) is 0 Å². The number of hydrogen-bond donors (Lipinski definition) is 2. The van der Waals surface area contributed by atoms with Crippen LogP contribution in [0.3, 0.4) is 0 Å². The molecule has 0 saturated carbocycles. The lowest BCUT2D eigenvalue weighted by Crippen LogP contribution is -2.43. The zero-order chi connectivity index (χ0) is 17.6. The van der Waals surface area contributed by atoms with Crippen LogP contribution in [-0.2, 0) is 20.0 Å². The second-order valence-corrected chi connectivity index (χ2v) is 6.37. The quantitative estimate of drug-likeness (QED) is 0.837. The van der Waals surface area contributed by atoms with Crippen molar-refractivity contribution >= 4 is 6.03 Å². The Bertz CT molecular complexity index is 715. The second-order valence-electron chi connectivity index (χ2n) is 6.37. The van der Waals surface area contributed by atoms with Crippen molar-refractivity contribution in [3.05, 3.63) is 47.5 Å². The molecule has 25 heavy (non-hydrogen) atoms. The maximum Gasteiger partial charge on any atom is 0.318 e. The Labute approximate surface area is 147 Å². The summed E-state index contributed by atoms with van der Waals surface area (Å²) in [5, 5.41) is 16.3. The normalized spacial score (nSPS) is 16.3. The highest BCUT2D eigenvalue weighted by Crippen LogP contribution is 2.34. The molecule has 1 unspecified atom stereocenters. The van der Waals surface area contributed by atoms with Crippen molar-refractivity contribution in [2.45, 2.75) is 38.3 Å². The van der Waals surface area contributed by atoms with Crippen LogP contribution in [0.1, 0.15) is 42.3 Å². The Kier molecular flexibility index (Phi) is 5.65. The first-order valence-corrected chi connectivity index (χ1v) is 8.76. The van der Waals surface area contributed by atoms with E-state index >= 15 is 0 Å². The molecule has 7 heteroatoms. The van der Waals surface area contributed by atoms with Gasteiger partial charge < -0.3 is 15.3 Å². The molecule has 1 aromatic heterocycles. The van der Waals surface area contributed by atoms with Gasteiger partial charge in [0.2, 0.25) is 0 Å². The van der Waals surface area contributed by atoms with E-state index in [-0.39, 0.29) is 18.7 Å². The summed E-state index contributed by atoms with van der Waals surface area (Å²) < 4.78 is 1.61. The van der Waals surface area contributed by atoms with E-state index in [2.05, 4.69) is 27.5 Å². The third kappa shape index (κ3) is 4.17. The molecule has 2 aromatic rings. The number of aromatic nitrogens is 3. The molecule has 2 amide bonds. The van der Waals surface area contributed by atoms with E-state index in [0.717, 1.165) is 19.3 Å². The van der Waals surface area contributed by atoms with Gasteiger partial charge in [0.1, 0.15) is 6.33 Å². The van der Waals surface area contributed by atoms with Crippen LogP contribution >= 0.6 is 0 Å². The van der Waals surface area contributed by atoms with Crippen molar-refractivity contribution in [1.29, 1.82) is 0 Å². The molecule has 0 fully saturated rings. The fraction of sp³-hybridized carbons (Fsp3) is 0.500. The summed E-state index contributed by atoms with van der Waals surface area (Å²) in [6.07, 6.45) is 5.24. The highest BCUT2D eigenvalue weighted by Gasteiger charge is 2.28. The molecule has 3 rings (SSSR count). The van der Waals surface area contributed by atoms with Gasteiger partial charge in [-0.3, -0.25) is 4.68 Å². The number of carbonyl (C=O) groups excluding carboxylic acids is 1. The van der Waals surface area contributed by atoms with Crippen LogP contribution in [0.25, 0.3) is 0 Å². The molecule has 2 N–H and O–H groups in total. The monoisotopic (exact) mass is 343 g/mol. The molecule has 0 aliphatic heterocycles.